The molecular formula is C24H30O6. The SMILES string of the molecule is COc1cc(-c2cc(OC)c(OC)c3c2C[C@@H](C)OC3)c2c(c1OC)COC(C)C2. The summed E-state index contributed by atoms with van der Waals surface area (Å²) in [5, 5.41) is 0. The molecule has 4 rings (SSSR count). The van der Waals surface area contributed by atoms with Crippen molar-refractivity contribution >= 4 is 0 Å². The smallest absolute Gasteiger partial charge is 0.166 e. The molecule has 1 unspecified atom stereocenters. The lowest BCUT2D eigenvalue weighted by molar-refractivity contribution is 0.0388. The molecule has 2 aliphatic rings. The van der Waals surface area contributed by atoms with Crippen molar-refractivity contribution in [3.05, 3.63) is 34.4 Å². The molecular weight excluding hydrogens is 384 g/mol. The molecule has 2 heterocycles. The van der Waals surface area contributed by atoms with Crippen LogP contribution in [-0.2, 0) is 35.5 Å². The molecule has 30 heavy (non-hydrogen) atoms. The molecule has 0 amide bonds. The molecule has 0 N–H and O–H groups in total. The van der Waals surface area contributed by atoms with Gasteiger partial charge in [-0.05, 0) is 61.1 Å². The van der Waals surface area contributed by atoms with Crippen molar-refractivity contribution in [2.24, 2.45) is 0 Å². The van der Waals surface area contributed by atoms with Gasteiger partial charge >= 0.3 is 0 Å². The van der Waals surface area contributed by atoms with E-state index >= 15 is 0 Å². The molecule has 2 aromatic carbocycles. The minimum Gasteiger partial charge on any atom is -0.493 e. The lowest BCUT2D eigenvalue weighted by Crippen LogP contribution is -2.23. The quantitative estimate of drug-likeness (QED) is 0.727. The van der Waals surface area contributed by atoms with Crippen LogP contribution in [0.5, 0.6) is 23.0 Å². The normalized spacial score (nSPS) is 20.2. The van der Waals surface area contributed by atoms with Crippen molar-refractivity contribution in [3.8, 4) is 34.1 Å². The van der Waals surface area contributed by atoms with Crippen LogP contribution in [0.25, 0.3) is 11.1 Å². The molecule has 162 valence electrons. The van der Waals surface area contributed by atoms with E-state index in [9.17, 15) is 0 Å². The van der Waals surface area contributed by atoms with E-state index in [4.69, 9.17) is 28.4 Å². The number of ether oxygens (including phenoxy) is 6. The van der Waals surface area contributed by atoms with Gasteiger partial charge in [-0.2, -0.15) is 0 Å². The molecule has 0 saturated heterocycles. The van der Waals surface area contributed by atoms with Gasteiger partial charge in [0, 0.05) is 11.1 Å². The minimum absolute atomic E-state index is 0.132. The van der Waals surface area contributed by atoms with E-state index in [1.54, 1.807) is 28.4 Å². The summed E-state index contributed by atoms with van der Waals surface area (Å²) in [6.07, 6.45) is 1.88. The van der Waals surface area contributed by atoms with Gasteiger partial charge < -0.3 is 28.4 Å². The summed E-state index contributed by atoms with van der Waals surface area (Å²) in [6, 6.07) is 4.16. The van der Waals surface area contributed by atoms with Gasteiger partial charge in [-0.25, -0.2) is 0 Å². The Kier molecular flexibility index (Phi) is 5.80. The predicted molar refractivity (Wildman–Crippen MR) is 114 cm³/mol. The summed E-state index contributed by atoms with van der Waals surface area (Å²) in [5.74, 6) is 2.89. The van der Waals surface area contributed by atoms with Crippen LogP contribution in [0.1, 0.15) is 36.1 Å². The van der Waals surface area contributed by atoms with E-state index in [-0.39, 0.29) is 12.2 Å². The van der Waals surface area contributed by atoms with Gasteiger partial charge in [-0.3, -0.25) is 0 Å². The summed E-state index contributed by atoms with van der Waals surface area (Å²) in [6.45, 7) is 5.20. The van der Waals surface area contributed by atoms with Gasteiger partial charge in [0.2, 0.25) is 0 Å². The fourth-order valence-electron chi connectivity index (χ4n) is 4.61. The standard InChI is InChI=1S/C24H30O6/c1-13-7-15-17(9-21(25-3)23(27-5)19(15)11-29-13)18-10-22(26-4)24(28-6)20-12-30-14(2)8-16(18)20/h9-10,13-14H,7-8,11-12H2,1-6H3/t13-,14?/m1/s1. The number of benzene rings is 2. The van der Waals surface area contributed by atoms with Crippen LogP contribution in [0.4, 0.5) is 0 Å². The molecule has 2 aromatic rings. The van der Waals surface area contributed by atoms with Crippen molar-refractivity contribution in [1.82, 2.24) is 0 Å². The first kappa shape index (κ1) is 20.8. The van der Waals surface area contributed by atoms with Crippen molar-refractivity contribution in [3.63, 3.8) is 0 Å². The molecule has 6 heteroatoms. The third kappa shape index (κ3) is 3.38. The van der Waals surface area contributed by atoms with E-state index in [1.807, 2.05) is 0 Å². The van der Waals surface area contributed by atoms with Gasteiger partial charge in [0.15, 0.2) is 23.0 Å². The fraction of sp³-hybridized carbons (Fsp3) is 0.500. The fourth-order valence-corrected chi connectivity index (χ4v) is 4.61. The van der Waals surface area contributed by atoms with Crippen molar-refractivity contribution in [2.75, 3.05) is 28.4 Å². The zero-order valence-electron chi connectivity index (χ0n) is 18.6. The van der Waals surface area contributed by atoms with Crippen LogP contribution < -0.4 is 18.9 Å². The first-order chi connectivity index (χ1) is 14.5. The van der Waals surface area contributed by atoms with Crippen LogP contribution in [0.15, 0.2) is 12.1 Å². The van der Waals surface area contributed by atoms with Crippen LogP contribution >= 0.6 is 0 Å². The second kappa shape index (κ2) is 8.36. The monoisotopic (exact) mass is 414 g/mol. The summed E-state index contributed by atoms with van der Waals surface area (Å²) in [7, 11) is 6.68. The second-order valence-electron chi connectivity index (χ2n) is 7.88. The van der Waals surface area contributed by atoms with Gasteiger partial charge in [0.05, 0.1) is 53.9 Å². The van der Waals surface area contributed by atoms with Crippen LogP contribution in [0, 0.1) is 0 Å². The third-order valence-corrected chi connectivity index (χ3v) is 6.07. The third-order valence-electron chi connectivity index (χ3n) is 6.07. The largest absolute Gasteiger partial charge is 0.493 e. The average Bonchev–Trinajstić information content (AvgIpc) is 2.76. The molecule has 0 bridgehead atoms. The first-order valence-electron chi connectivity index (χ1n) is 10.3. The van der Waals surface area contributed by atoms with E-state index in [2.05, 4.69) is 26.0 Å². The number of fused-ring (bicyclic) bond motifs is 2. The Morgan fingerprint density at radius 2 is 1.03 bits per heavy atom. The van der Waals surface area contributed by atoms with E-state index < -0.39 is 0 Å². The minimum atomic E-state index is 0.132. The van der Waals surface area contributed by atoms with Crippen LogP contribution in [-0.4, -0.2) is 40.6 Å². The maximum absolute atomic E-state index is 5.95. The Hall–Kier alpha value is -2.44. The molecule has 0 fully saturated rings. The van der Waals surface area contributed by atoms with Crippen molar-refractivity contribution in [2.45, 2.75) is 52.1 Å². The number of hydrogen-bond donors (Lipinski definition) is 0. The summed E-state index contributed by atoms with van der Waals surface area (Å²) in [4.78, 5) is 0. The highest BCUT2D eigenvalue weighted by molar-refractivity contribution is 5.80. The molecule has 2 atom stereocenters. The molecule has 0 spiro atoms. The van der Waals surface area contributed by atoms with Crippen LogP contribution in [0.3, 0.4) is 0 Å². The Bertz CT molecular complexity index is 874. The van der Waals surface area contributed by atoms with Crippen molar-refractivity contribution < 1.29 is 28.4 Å². The van der Waals surface area contributed by atoms with Gasteiger partial charge in [0.25, 0.3) is 0 Å². The van der Waals surface area contributed by atoms with Gasteiger partial charge in [-0.15, -0.1) is 0 Å². The molecule has 0 radical (unpaired) electrons. The van der Waals surface area contributed by atoms with E-state index in [1.165, 1.54) is 11.1 Å². The topological polar surface area (TPSA) is 55.4 Å². The van der Waals surface area contributed by atoms with Gasteiger partial charge in [0.1, 0.15) is 0 Å². The Morgan fingerprint density at radius 3 is 1.37 bits per heavy atom. The maximum atomic E-state index is 5.95. The lowest BCUT2D eigenvalue weighted by Gasteiger charge is -2.31. The zero-order valence-corrected chi connectivity index (χ0v) is 18.6. The zero-order chi connectivity index (χ0) is 21.4. The van der Waals surface area contributed by atoms with E-state index in [0.29, 0.717) is 24.7 Å². The Balaban J connectivity index is 2.03. The highest BCUT2D eigenvalue weighted by Gasteiger charge is 2.31. The summed E-state index contributed by atoms with van der Waals surface area (Å²) < 4.78 is 34.7. The predicted octanol–water partition coefficient (Wildman–Crippen LogP) is 4.31. The first-order valence-corrected chi connectivity index (χ1v) is 10.3. The molecule has 6 nitrogen and oxygen atoms in total. The summed E-state index contributed by atoms with van der Waals surface area (Å²) >= 11 is 0. The maximum Gasteiger partial charge on any atom is 0.166 e. The molecule has 0 aromatic heterocycles. The second-order valence-corrected chi connectivity index (χ2v) is 7.88. The molecule has 2 aliphatic heterocycles. The molecule has 0 aliphatic carbocycles. The number of methoxy groups -OCH3 is 4. The van der Waals surface area contributed by atoms with Crippen molar-refractivity contribution in [1.29, 1.82) is 0 Å². The molecule has 0 saturated carbocycles. The van der Waals surface area contributed by atoms with Crippen LogP contribution in [0.2, 0.25) is 0 Å². The van der Waals surface area contributed by atoms with Gasteiger partial charge in [-0.1, -0.05) is 0 Å². The lowest BCUT2D eigenvalue weighted by atomic mass is 9.84. The highest BCUT2D eigenvalue weighted by Crippen LogP contribution is 2.48. The average molecular weight is 414 g/mol. The Morgan fingerprint density at radius 1 is 0.633 bits per heavy atom. The highest BCUT2D eigenvalue weighted by atomic mass is 16.5. The van der Waals surface area contributed by atoms with E-state index in [0.717, 1.165) is 46.6 Å². The summed E-state index contributed by atoms with van der Waals surface area (Å²) in [5.41, 5.74) is 6.83. The number of hydrogen-bond acceptors (Lipinski definition) is 6. The Labute approximate surface area is 178 Å². The number of rotatable bonds is 5.